The molecule has 0 aliphatic rings. The molecule has 154 valence electrons. The van der Waals surface area contributed by atoms with Crippen molar-refractivity contribution in [2.24, 2.45) is 0 Å². The van der Waals surface area contributed by atoms with Crippen LogP contribution in [0.4, 0.5) is 0 Å². The molecule has 3 nitrogen and oxygen atoms in total. The zero-order valence-corrected chi connectivity index (χ0v) is 18.2. The van der Waals surface area contributed by atoms with Gasteiger partial charge in [-0.2, -0.15) is 0 Å². The molecule has 0 amide bonds. The van der Waals surface area contributed by atoms with E-state index < -0.39 is 0 Å². The van der Waals surface area contributed by atoms with Gasteiger partial charge in [-0.15, -0.1) is 0 Å². The Balaban J connectivity index is 1.69. The number of ketones is 1. The number of halogens is 1. The maximum absolute atomic E-state index is 13.5. The number of aromatic nitrogens is 2. The molecule has 2 aromatic heterocycles. The lowest BCUT2D eigenvalue weighted by Crippen LogP contribution is -2.05. The van der Waals surface area contributed by atoms with Gasteiger partial charge < -0.3 is 0 Å². The molecule has 0 bridgehead atoms. The first-order chi connectivity index (χ1) is 15.6. The second-order valence-corrected chi connectivity index (χ2v) is 8.03. The van der Waals surface area contributed by atoms with Crippen molar-refractivity contribution in [3.63, 3.8) is 0 Å². The molecule has 0 spiro atoms. The topological polar surface area (TPSA) is 42.9 Å². The van der Waals surface area contributed by atoms with Crippen LogP contribution in [0.2, 0.25) is 5.02 Å². The summed E-state index contributed by atoms with van der Waals surface area (Å²) in [7, 11) is 0. The van der Waals surface area contributed by atoms with Crippen molar-refractivity contribution in [1.82, 2.24) is 9.97 Å². The Hall–Kier alpha value is -3.82. The van der Waals surface area contributed by atoms with Crippen LogP contribution in [0.3, 0.4) is 0 Å². The predicted molar refractivity (Wildman–Crippen MR) is 132 cm³/mol. The first-order valence-corrected chi connectivity index (χ1v) is 10.7. The van der Waals surface area contributed by atoms with Crippen LogP contribution in [0.15, 0.2) is 91.1 Å². The van der Waals surface area contributed by atoms with Crippen molar-refractivity contribution in [2.45, 2.75) is 6.92 Å². The molecule has 0 N–H and O–H groups in total. The summed E-state index contributed by atoms with van der Waals surface area (Å²) >= 11 is 6.31. The molecule has 32 heavy (non-hydrogen) atoms. The van der Waals surface area contributed by atoms with E-state index in [-0.39, 0.29) is 5.78 Å². The lowest BCUT2D eigenvalue weighted by molar-refractivity contribution is 0.104. The van der Waals surface area contributed by atoms with Gasteiger partial charge in [0.15, 0.2) is 5.78 Å². The minimum absolute atomic E-state index is 0.100. The molecule has 5 aromatic rings. The van der Waals surface area contributed by atoms with Crippen molar-refractivity contribution in [2.75, 3.05) is 0 Å². The number of aryl methyl sites for hydroxylation is 1. The van der Waals surface area contributed by atoms with Crippen LogP contribution in [-0.2, 0) is 0 Å². The van der Waals surface area contributed by atoms with Gasteiger partial charge in [0, 0.05) is 33.2 Å². The maximum atomic E-state index is 13.5. The summed E-state index contributed by atoms with van der Waals surface area (Å²) in [5.41, 5.74) is 5.73. The van der Waals surface area contributed by atoms with Crippen molar-refractivity contribution in [3.8, 4) is 11.1 Å². The number of carbonyl (C=O) groups excluding carboxylic acids is 1. The van der Waals surface area contributed by atoms with Gasteiger partial charge in [0.1, 0.15) is 0 Å². The molecule has 0 fully saturated rings. The zero-order chi connectivity index (χ0) is 22.1. The van der Waals surface area contributed by atoms with Crippen LogP contribution < -0.4 is 0 Å². The Kier molecular flexibility index (Phi) is 5.26. The zero-order valence-electron chi connectivity index (χ0n) is 17.4. The second kappa shape index (κ2) is 8.37. The Bertz CT molecular complexity index is 1500. The largest absolute Gasteiger partial charge is 0.289 e. The Labute approximate surface area is 191 Å². The summed E-state index contributed by atoms with van der Waals surface area (Å²) < 4.78 is 0. The highest BCUT2D eigenvalue weighted by Gasteiger charge is 2.19. The lowest BCUT2D eigenvalue weighted by atomic mass is 9.92. The van der Waals surface area contributed by atoms with Crippen LogP contribution in [0.5, 0.6) is 0 Å². The highest BCUT2D eigenvalue weighted by atomic mass is 35.5. The van der Waals surface area contributed by atoms with E-state index in [1.807, 2.05) is 91.9 Å². The second-order valence-electron chi connectivity index (χ2n) is 7.59. The third kappa shape index (κ3) is 3.68. The van der Waals surface area contributed by atoms with Crippen molar-refractivity contribution in [1.29, 1.82) is 0 Å². The summed E-state index contributed by atoms with van der Waals surface area (Å²) in [5.74, 6) is -0.100. The van der Waals surface area contributed by atoms with E-state index in [2.05, 4.69) is 4.98 Å². The maximum Gasteiger partial charge on any atom is 0.188 e. The van der Waals surface area contributed by atoms with Gasteiger partial charge in [-0.05, 0) is 54.5 Å². The van der Waals surface area contributed by atoms with E-state index in [0.29, 0.717) is 16.3 Å². The monoisotopic (exact) mass is 434 g/mol. The number of pyridine rings is 2. The van der Waals surface area contributed by atoms with Gasteiger partial charge in [-0.1, -0.05) is 66.2 Å². The average molecular weight is 435 g/mol. The van der Waals surface area contributed by atoms with E-state index in [0.717, 1.165) is 38.5 Å². The molecule has 0 atom stereocenters. The van der Waals surface area contributed by atoms with Gasteiger partial charge in [0.25, 0.3) is 0 Å². The number of hydrogen-bond donors (Lipinski definition) is 0. The van der Waals surface area contributed by atoms with Gasteiger partial charge >= 0.3 is 0 Å². The average Bonchev–Trinajstić information content (AvgIpc) is 2.82. The lowest BCUT2D eigenvalue weighted by Gasteiger charge is -2.14. The molecule has 5 rings (SSSR count). The van der Waals surface area contributed by atoms with Gasteiger partial charge in [-0.25, -0.2) is 0 Å². The molecular weight excluding hydrogens is 416 g/mol. The van der Waals surface area contributed by atoms with Gasteiger partial charge in [0.05, 0.1) is 16.6 Å². The number of para-hydroxylation sites is 1. The number of carbonyl (C=O) groups is 1. The Morgan fingerprint density at radius 3 is 2.50 bits per heavy atom. The van der Waals surface area contributed by atoms with E-state index in [4.69, 9.17) is 16.6 Å². The highest BCUT2D eigenvalue weighted by Crippen LogP contribution is 2.35. The van der Waals surface area contributed by atoms with Gasteiger partial charge in [-0.3, -0.25) is 14.8 Å². The third-order valence-electron chi connectivity index (χ3n) is 5.53. The number of allylic oxidation sites excluding steroid dienone is 1. The first kappa shape index (κ1) is 20.1. The fourth-order valence-electron chi connectivity index (χ4n) is 4.08. The quantitative estimate of drug-likeness (QED) is 0.220. The standard InChI is InChI=1S/C28H19ClN2O/c1-18-27(26(32)14-11-19-15-16-30-24-10-6-5-9-22(19)24)28(20-7-3-2-4-8-20)23-17-21(29)12-13-25(23)31-18/h2-17H,1H3/b14-11-. The molecule has 4 heteroatoms. The summed E-state index contributed by atoms with van der Waals surface area (Å²) in [4.78, 5) is 22.6. The fraction of sp³-hybridized carbons (Fsp3) is 0.0357. The molecule has 2 heterocycles. The normalized spacial score (nSPS) is 11.4. The minimum atomic E-state index is -0.100. The molecule has 0 radical (unpaired) electrons. The minimum Gasteiger partial charge on any atom is -0.289 e. The highest BCUT2D eigenvalue weighted by molar-refractivity contribution is 6.31. The SMILES string of the molecule is Cc1nc2ccc(Cl)cc2c(-c2ccccc2)c1C(=O)/C=C\c1ccnc2ccccc12. The third-order valence-corrected chi connectivity index (χ3v) is 5.77. The van der Waals surface area contributed by atoms with Crippen LogP contribution >= 0.6 is 11.6 Å². The number of hydrogen-bond acceptors (Lipinski definition) is 3. The summed E-state index contributed by atoms with van der Waals surface area (Å²) in [6.45, 7) is 1.88. The molecule has 0 unspecified atom stereocenters. The van der Waals surface area contributed by atoms with Crippen LogP contribution in [0.1, 0.15) is 21.6 Å². The molecule has 0 aliphatic heterocycles. The molecule has 0 saturated heterocycles. The smallest absolute Gasteiger partial charge is 0.188 e. The number of benzene rings is 3. The van der Waals surface area contributed by atoms with Crippen LogP contribution in [-0.4, -0.2) is 15.8 Å². The molecular formula is C28H19ClN2O. The van der Waals surface area contributed by atoms with Crippen LogP contribution in [0, 0.1) is 6.92 Å². The number of nitrogens with zero attached hydrogens (tertiary/aromatic N) is 2. The van der Waals surface area contributed by atoms with E-state index >= 15 is 0 Å². The Morgan fingerprint density at radius 2 is 1.66 bits per heavy atom. The summed E-state index contributed by atoms with van der Waals surface area (Å²) in [5, 5.41) is 2.47. The van der Waals surface area contributed by atoms with Gasteiger partial charge in [0.2, 0.25) is 0 Å². The van der Waals surface area contributed by atoms with Crippen molar-refractivity contribution >= 4 is 45.3 Å². The number of fused-ring (bicyclic) bond motifs is 2. The van der Waals surface area contributed by atoms with E-state index in [1.165, 1.54) is 0 Å². The van der Waals surface area contributed by atoms with E-state index in [9.17, 15) is 4.79 Å². The van der Waals surface area contributed by atoms with Crippen molar-refractivity contribution < 1.29 is 4.79 Å². The Morgan fingerprint density at radius 1 is 0.875 bits per heavy atom. The van der Waals surface area contributed by atoms with Crippen molar-refractivity contribution in [3.05, 3.63) is 113 Å². The number of rotatable bonds is 4. The summed E-state index contributed by atoms with van der Waals surface area (Å²) in [6.07, 6.45) is 5.23. The summed E-state index contributed by atoms with van der Waals surface area (Å²) in [6, 6.07) is 25.3. The molecule has 0 saturated carbocycles. The molecule has 0 aliphatic carbocycles. The molecule has 3 aromatic carbocycles. The predicted octanol–water partition coefficient (Wildman–Crippen LogP) is 7.31. The fourth-order valence-corrected chi connectivity index (χ4v) is 4.25. The van der Waals surface area contributed by atoms with Crippen LogP contribution in [0.25, 0.3) is 39.0 Å². The van der Waals surface area contributed by atoms with E-state index in [1.54, 1.807) is 12.3 Å². The first-order valence-electron chi connectivity index (χ1n) is 10.3.